The third kappa shape index (κ3) is 10.0. The van der Waals surface area contributed by atoms with E-state index in [0.717, 1.165) is 0 Å². The largest absolute Gasteiger partial charge is 0.504 e. The molecule has 13 heteroatoms. The van der Waals surface area contributed by atoms with E-state index in [4.69, 9.17) is 41.0 Å². The second kappa shape index (κ2) is 15.8. The number of esters is 4. The van der Waals surface area contributed by atoms with Crippen LogP contribution in [0.15, 0.2) is 18.2 Å². The highest BCUT2D eigenvalue weighted by Gasteiger charge is 2.50. The Morgan fingerprint density at radius 1 is 0.927 bits per heavy atom. The first kappa shape index (κ1) is 34.1. The topological polar surface area (TPSA) is 181 Å². The number of nitrogens with two attached hydrogens (primary N) is 1. The number of alkyl halides is 1. The molecule has 0 radical (unpaired) electrons. The van der Waals surface area contributed by atoms with Gasteiger partial charge >= 0.3 is 23.9 Å². The highest BCUT2D eigenvalue weighted by molar-refractivity contribution is 6.21. The monoisotopic (exact) mass is 601 g/mol. The quantitative estimate of drug-likeness (QED) is 0.122. The lowest BCUT2D eigenvalue weighted by molar-refractivity contribution is -0.277. The Hall–Kier alpha value is -3.09. The zero-order valence-corrected chi connectivity index (χ0v) is 24.6. The molecule has 1 aliphatic rings. The molecule has 1 aliphatic heterocycles. The van der Waals surface area contributed by atoms with Crippen LogP contribution in [-0.4, -0.2) is 70.8 Å². The molecule has 1 aromatic carbocycles. The number of carbonyl (C=O) groups is 4. The molecule has 2 rings (SSSR count). The summed E-state index contributed by atoms with van der Waals surface area (Å²) in [5.74, 6) is -3.54. The van der Waals surface area contributed by atoms with Crippen molar-refractivity contribution < 1.29 is 53.1 Å². The van der Waals surface area contributed by atoms with Crippen LogP contribution in [0.4, 0.5) is 0 Å². The van der Waals surface area contributed by atoms with E-state index in [9.17, 15) is 29.4 Å². The van der Waals surface area contributed by atoms with Crippen molar-refractivity contribution in [3.8, 4) is 11.5 Å². The van der Waals surface area contributed by atoms with Gasteiger partial charge in [-0.15, -0.1) is 11.6 Å². The Labute approximate surface area is 244 Å². The summed E-state index contributed by atoms with van der Waals surface area (Å²) in [7, 11) is 0. The number of hydrogen-bond donors (Lipinski definition) is 3. The molecule has 0 amide bonds. The average molecular weight is 602 g/mol. The van der Waals surface area contributed by atoms with E-state index in [1.807, 2.05) is 0 Å². The van der Waals surface area contributed by atoms with Gasteiger partial charge in [0.05, 0.1) is 12.0 Å². The maximum absolute atomic E-state index is 13.2. The Bertz CT molecular complexity index is 1060. The summed E-state index contributed by atoms with van der Waals surface area (Å²) in [5, 5.41) is 18.5. The van der Waals surface area contributed by atoms with Crippen LogP contribution in [0.2, 0.25) is 0 Å². The van der Waals surface area contributed by atoms with Gasteiger partial charge in [-0.25, -0.2) is 4.79 Å². The fourth-order valence-electron chi connectivity index (χ4n) is 4.02. The lowest BCUT2D eigenvalue weighted by Crippen LogP contribution is -2.60. The number of carbonyl (C=O) groups excluding carboxylic acids is 4. The molecule has 1 heterocycles. The van der Waals surface area contributed by atoms with Crippen LogP contribution in [0.3, 0.4) is 0 Å². The highest BCUT2D eigenvalue weighted by atomic mass is 35.5. The molecular weight excluding hydrogens is 562 g/mol. The molecule has 230 valence electrons. The SMILES string of the molecule is CCCC(=O)O[C@H]1[C@H](OC(=O)CCC)COC(OC(=O)[C@@](C)(N)CC(Cl)c2ccc(O)c(O)c2)[C@@H]1OC(=O)CCC. The smallest absolute Gasteiger partial charge is 0.328 e. The first-order valence-corrected chi connectivity index (χ1v) is 14.1. The number of benzene rings is 1. The number of ether oxygens (including phenoxy) is 5. The van der Waals surface area contributed by atoms with E-state index in [1.165, 1.54) is 25.1 Å². The summed E-state index contributed by atoms with van der Waals surface area (Å²) in [6.07, 6.45) is -3.96. The van der Waals surface area contributed by atoms with E-state index < -0.39 is 59.4 Å². The predicted octanol–water partition coefficient (Wildman–Crippen LogP) is 3.52. The normalized spacial score (nSPS) is 22.6. The summed E-state index contributed by atoms with van der Waals surface area (Å²) in [4.78, 5) is 50.6. The van der Waals surface area contributed by atoms with Crippen molar-refractivity contribution >= 4 is 35.5 Å². The number of rotatable bonds is 14. The lowest BCUT2D eigenvalue weighted by atomic mass is 9.93. The summed E-state index contributed by atoms with van der Waals surface area (Å²) >= 11 is 6.45. The molecule has 0 spiro atoms. The minimum Gasteiger partial charge on any atom is -0.504 e. The van der Waals surface area contributed by atoms with Crippen LogP contribution in [0.25, 0.3) is 0 Å². The van der Waals surface area contributed by atoms with E-state index in [2.05, 4.69) is 0 Å². The minimum absolute atomic E-state index is 0.0229. The Balaban J connectivity index is 2.30. The van der Waals surface area contributed by atoms with Gasteiger partial charge in [0.2, 0.25) is 12.4 Å². The molecule has 4 N–H and O–H groups in total. The molecule has 6 atom stereocenters. The maximum atomic E-state index is 13.2. The third-order valence-corrected chi connectivity index (χ3v) is 6.62. The van der Waals surface area contributed by atoms with E-state index in [0.29, 0.717) is 24.8 Å². The van der Waals surface area contributed by atoms with Crippen molar-refractivity contribution in [2.45, 2.75) is 108 Å². The fraction of sp³-hybridized carbons (Fsp3) is 0.643. The number of aromatic hydroxyl groups is 2. The standard InChI is InChI=1S/C28H40ClNO11/c1-5-8-21(33)38-20-15-37-26(25(40-23(35)10-7-3)24(20)39-22(34)9-6-2)41-27(36)28(4,30)14-17(29)16-11-12-18(31)19(32)13-16/h11-13,17,20,24-26,31-32H,5-10,14-15,30H2,1-4H3/t17?,20-,24+,25-,26?,28+/m1/s1. The van der Waals surface area contributed by atoms with Gasteiger partial charge in [-0.1, -0.05) is 26.8 Å². The molecule has 1 fully saturated rings. The van der Waals surface area contributed by atoms with Gasteiger partial charge in [0.1, 0.15) is 5.54 Å². The van der Waals surface area contributed by atoms with E-state index in [1.54, 1.807) is 20.8 Å². The van der Waals surface area contributed by atoms with Crippen molar-refractivity contribution in [1.82, 2.24) is 0 Å². The number of hydrogen-bond acceptors (Lipinski definition) is 12. The van der Waals surface area contributed by atoms with Crippen molar-refractivity contribution in [1.29, 1.82) is 0 Å². The second-order valence-corrected chi connectivity index (χ2v) is 10.7. The van der Waals surface area contributed by atoms with Crippen LogP contribution >= 0.6 is 11.6 Å². The van der Waals surface area contributed by atoms with Gasteiger partial charge in [0.15, 0.2) is 23.7 Å². The Morgan fingerprint density at radius 2 is 1.46 bits per heavy atom. The zero-order chi connectivity index (χ0) is 30.7. The van der Waals surface area contributed by atoms with Crippen LogP contribution in [0.1, 0.15) is 83.6 Å². The van der Waals surface area contributed by atoms with Gasteiger partial charge in [0.25, 0.3) is 0 Å². The lowest BCUT2D eigenvalue weighted by Gasteiger charge is -2.41. The van der Waals surface area contributed by atoms with Crippen LogP contribution in [0.5, 0.6) is 11.5 Å². The number of phenols is 2. The first-order valence-electron chi connectivity index (χ1n) is 13.7. The summed E-state index contributed by atoms with van der Waals surface area (Å²) in [6, 6.07) is 3.97. The Morgan fingerprint density at radius 3 is 2.00 bits per heavy atom. The zero-order valence-electron chi connectivity index (χ0n) is 23.8. The molecular formula is C28H40ClNO11. The number of phenolic OH excluding ortho intramolecular Hbond substituents is 2. The maximum Gasteiger partial charge on any atom is 0.328 e. The highest BCUT2D eigenvalue weighted by Crippen LogP contribution is 2.35. The summed E-state index contributed by atoms with van der Waals surface area (Å²) in [6.45, 7) is 6.40. The Kier molecular flexibility index (Phi) is 13.1. The molecule has 12 nitrogen and oxygen atoms in total. The second-order valence-electron chi connectivity index (χ2n) is 10.1. The molecule has 0 aromatic heterocycles. The average Bonchev–Trinajstić information content (AvgIpc) is 2.89. The van der Waals surface area contributed by atoms with Crippen molar-refractivity contribution in [2.24, 2.45) is 5.73 Å². The molecule has 0 bridgehead atoms. The van der Waals surface area contributed by atoms with Gasteiger partial charge in [0, 0.05) is 19.3 Å². The molecule has 2 unspecified atom stereocenters. The molecule has 1 saturated heterocycles. The molecule has 0 saturated carbocycles. The van der Waals surface area contributed by atoms with Crippen molar-refractivity contribution in [3.05, 3.63) is 23.8 Å². The van der Waals surface area contributed by atoms with Crippen molar-refractivity contribution in [2.75, 3.05) is 6.61 Å². The third-order valence-electron chi connectivity index (χ3n) is 6.22. The van der Waals surface area contributed by atoms with Gasteiger partial charge in [-0.05, 0) is 50.3 Å². The number of halogens is 1. The van der Waals surface area contributed by atoms with Gasteiger partial charge in [-0.3, -0.25) is 14.4 Å². The molecule has 1 aromatic rings. The van der Waals surface area contributed by atoms with Crippen LogP contribution < -0.4 is 5.73 Å². The minimum atomic E-state index is -1.69. The fourth-order valence-corrected chi connectivity index (χ4v) is 4.48. The summed E-state index contributed by atoms with van der Waals surface area (Å²) in [5.41, 5.74) is 4.97. The predicted molar refractivity (Wildman–Crippen MR) is 146 cm³/mol. The van der Waals surface area contributed by atoms with E-state index >= 15 is 0 Å². The van der Waals surface area contributed by atoms with Crippen LogP contribution in [0, 0.1) is 0 Å². The molecule has 41 heavy (non-hydrogen) atoms. The van der Waals surface area contributed by atoms with E-state index in [-0.39, 0.29) is 43.8 Å². The van der Waals surface area contributed by atoms with Gasteiger partial charge < -0.3 is 39.6 Å². The van der Waals surface area contributed by atoms with Crippen molar-refractivity contribution in [3.63, 3.8) is 0 Å². The van der Waals surface area contributed by atoms with Crippen LogP contribution in [-0.2, 0) is 42.9 Å². The van der Waals surface area contributed by atoms with Gasteiger partial charge in [-0.2, -0.15) is 0 Å². The first-order chi connectivity index (χ1) is 19.3. The summed E-state index contributed by atoms with van der Waals surface area (Å²) < 4.78 is 27.9. The molecule has 0 aliphatic carbocycles.